The molecule has 7 aromatic carbocycles. The maximum Gasteiger partial charge on any atom is 0.164 e. The molecule has 0 aliphatic rings. The number of nitrogens with zero attached hydrogens (tertiary/aromatic N) is 4. The normalized spacial score (nSPS) is 11.9. The SMILES string of the molecule is c1ccc(-c2nc(-c3ccccc3)nc(-c3ccc4c(c3)sc3ccc(-n5c6ccccc6c6cc7c(cc65)oc5ccccc57)cc34)n2)cc1. The van der Waals surface area contributed by atoms with Crippen molar-refractivity contribution in [2.24, 2.45) is 0 Å². The molecule has 0 N–H and O–H groups in total. The third-order valence-electron chi connectivity index (χ3n) is 9.84. The molecule has 0 aliphatic carbocycles. The zero-order chi connectivity index (χ0) is 33.5. The van der Waals surface area contributed by atoms with E-state index in [0.29, 0.717) is 17.5 Å². The van der Waals surface area contributed by atoms with Gasteiger partial charge in [0.1, 0.15) is 11.2 Å². The lowest BCUT2D eigenvalue weighted by molar-refractivity contribution is 0.669. The molecule has 5 nitrogen and oxygen atoms in total. The third-order valence-corrected chi connectivity index (χ3v) is 11.0. The molecule has 11 rings (SSSR count). The van der Waals surface area contributed by atoms with Crippen molar-refractivity contribution < 1.29 is 4.42 Å². The molecule has 0 atom stereocenters. The van der Waals surface area contributed by atoms with Crippen LogP contribution in [0.15, 0.2) is 162 Å². The quantitative estimate of drug-likeness (QED) is 0.187. The maximum absolute atomic E-state index is 6.35. The fraction of sp³-hybridized carbons (Fsp3) is 0. The molecule has 0 spiro atoms. The van der Waals surface area contributed by atoms with Crippen LogP contribution in [0.1, 0.15) is 0 Å². The van der Waals surface area contributed by atoms with Gasteiger partial charge in [-0.25, -0.2) is 15.0 Å². The van der Waals surface area contributed by atoms with Crippen LogP contribution in [0, 0.1) is 0 Å². The largest absolute Gasteiger partial charge is 0.456 e. The van der Waals surface area contributed by atoms with Crippen LogP contribution in [0.5, 0.6) is 0 Å². The Morgan fingerprint density at radius 3 is 1.82 bits per heavy atom. The number of benzene rings is 7. The van der Waals surface area contributed by atoms with Crippen LogP contribution in [-0.4, -0.2) is 19.5 Å². The number of rotatable bonds is 4. The Morgan fingerprint density at radius 1 is 0.392 bits per heavy atom. The van der Waals surface area contributed by atoms with E-state index in [0.717, 1.165) is 49.8 Å². The van der Waals surface area contributed by atoms with Crippen molar-refractivity contribution in [3.8, 4) is 39.9 Å². The van der Waals surface area contributed by atoms with Crippen molar-refractivity contribution in [1.82, 2.24) is 19.5 Å². The van der Waals surface area contributed by atoms with Gasteiger partial charge in [-0.05, 0) is 42.5 Å². The van der Waals surface area contributed by atoms with Crippen molar-refractivity contribution in [3.05, 3.63) is 158 Å². The van der Waals surface area contributed by atoms with Crippen molar-refractivity contribution in [1.29, 1.82) is 0 Å². The molecule has 0 saturated heterocycles. The molecular formula is C45H26N4OS. The zero-order valence-corrected chi connectivity index (χ0v) is 27.9. The number of fused-ring (bicyclic) bond motifs is 9. The van der Waals surface area contributed by atoms with Gasteiger partial charge in [0, 0.05) is 70.2 Å². The smallest absolute Gasteiger partial charge is 0.164 e. The van der Waals surface area contributed by atoms with E-state index >= 15 is 0 Å². The molecule has 0 amide bonds. The van der Waals surface area contributed by atoms with E-state index in [1.807, 2.05) is 72.8 Å². The lowest BCUT2D eigenvalue weighted by Gasteiger charge is -2.09. The summed E-state index contributed by atoms with van der Waals surface area (Å²) >= 11 is 1.79. The minimum Gasteiger partial charge on any atom is -0.456 e. The Bertz CT molecular complexity index is 3080. The molecule has 11 aromatic rings. The molecule has 4 aromatic heterocycles. The van der Waals surface area contributed by atoms with Gasteiger partial charge in [-0.2, -0.15) is 0 Å². The molecule has 51 heavy (non-hydrogen) atoms. The summed E-state index contributed by atoms with van der Waals surface area (Å²) in [7, 11) is 0. The highest BCUT2D eigenvalue weighted by Crippen LogP contribution is 2.41. The Morgan fingerprint density at radius 2 is 1.06 bits per heavy atom. The number of furan rings is 1. The first-order chi connectivity index (χ1) is 25.2. The molecule has 0 saturated carbocycles. The fourth-order valence-corrected chi connectivity index (χ4v) is 8.57. The summed E-state index contributed by atoms with van der Waals surface area (Å²) in [6.07, 6.45) is 0. The average Bonchev–Trinajstić information content (AvgIpc) is 3.86. The van der Waals surface area contributed by atoms with Gasteiger partial charge in [-0.3, -0.25) is 0 Å². The lowest BCUT2D eigenvalue weighted by Crippen LogP contribution is -1.99. The number of thiophene rings is 1. The Hall–Kier alpha value is -6.63. The van der Waals surface area contributed by atoms with Gasteiger partial charge >= 0.3 is 0 Å². The maximum atomic E-state index is 6.35. The van der Waals surface area contributed by atoms with Crippen LogP contribution in [0.4, 0.5) is 0 Å². The number of hydrogen-bond donors (Lipinski definition) is 0. The number of aromatic nitrogens is 4. The molecule has 0 fully saturated rings. The predicted molar refractivity (Wildman–Crippen MR) is 211 cm³/mol. The van der Waals surface area contributed by atoms with Gasteiger partial charge in [-0.1, -0.05) is 109 Å². The average molecular weight is 671 g/mol. The van der Waals surface area contributed by atoms with E-state index in [1.54, 1.807) is 11.3 Å². The van der Waals surface area contributed by atoms with E-state index in [2.05, 4.69) is 89.5 Å². The fourth-order valence-electron chi connectivity index (χ4n) is 7.45. The molecular weight excluding hydrogens is 645 g/mol. The predicted octanol–water partition coefficient (Wildman–Crippen LogP) is 12.2. The second-order valence-corrected chi connectivity index (χ2v) is 13.9. The topological polar surface area (TPSA) is 56.7 Å². The molecule has 0 bridgehead atoms. The lowest BCUT2D eigenvalue weighted by atomic mass is 10.1. The van der Waals surface area contributed by atoms with E-state index in [4.69, 9.17) is 19.4 Å². The van der Waals surface area contributed by atoms with Gasteiger partial charge in [0.2, 0.25) is 0 Å². The third kappa shape index (κ3) is 4.43. The zero-order valence-electron chi connectivity index (χ0n) is 27.1. The molecule has 0 aliphatic heterocycles. The van der Waals surface area contributed by atoms with Crippen LogP contribution < -0.4 is 0 Å². The van der Waals surface area contributed by atoms with Gasteiger partial charge < -0.3 is 8.98 Å². The van der Waals surface area contributed by atoms with Crippen molar-refractivity contribution in [2.45, 2.75) is 0 Å². The summed E-state index contributed by atoms with van der Waals surface area (Å²) < 4.78 is 11.1. The minimum atomic E-state index is 0.657. The molecule has 238 valence electrons. The van der Waals surface area contributed by atoms with Gasteiger partial charge in [0.25, 0.3) is 0 Å². The second-order valence-electron chi connectivity index (χ2n) is 12.8. The first kappa shape index (κ1) is 28.2. The van der Waals surface area contributed by atoms with E-state index in [9.17, 15) is 0 Å². The van der Waals surface area contributed by atoms with Gasteiger partial charge in [0.05, 0.1) is 11.0 Å². The summed E-state index contributed by atoms with van der Waals surface area (Å²) in [6.45, 7) is 0. The second kappa shape index (κ2) is 10.9. The Kier molecular flexibility index (Phi) is 6.05. The Labute approximate surface area is 295 Å². The summed E-state index contributed by atoms with van der Waals surface area (Å²) in [6, 6.07) is 55.0. The number of hydrogen-bond acceptors (Lipinski definition) is 5. The first-order valence-electron chi connectivity index (χ1n) is 16.9. The van der Waals surface area contributed by atoms with Crippen LogP contribution in [-0.2, 0) is 0 Å². The summed E-state index contributed by atoms with van der Waals surface area (Å²) in [5, 5.41) is 7.15. The van der Waals surface area contributed by atoms with E-state index in [1.165, 1.54) is 36.5 Å². The summed E-state index contributed by atoms with van der Waals surface area (Å²) in [4.78, 5) is 14.8. The molecule has 6 heteroatoms. The summed E-state index contributed by atoms with van der Waals surface area (Å²) in [5.74, 6) is 1.98. The highest BCUT2D eigenvalue weighted by atomic mass is 32.1. The van der Waals surface area contributed by atoms with Crippen molar-refractivity contribution >= 4 is 75.3 Å². The number of para-hydroxylation sites is 2. The van der Waals surface area contributed by atoms with Crippen LogP contribution >= 0.6 is 11.3 Å². The summed E-state index contributed by atoms with van der Waals surface area (Å²) in [5.41, 5.74) is 8.09. The van der Waals surface area contributed by atoms with Crippen molar-refractivity contribution in [3.63, 3.8) is 0 Å². The van der Waals surface area contributed by atoms with Crippen LogP contribution in [0.2, 0.25) is 0 Å². The van der Waals surface area contributed by atoms with Crippen molar-refractivity contribution in [2.75, 3.05) is 0 Å². The minimum absolute atomic E-state index is 0.657. The van der Waals surface area contributed by atoms with Gasteiger partial charge in [0.15, 0.2) is 17.5 Å². The highest BCUT2D eigenvalue weighted by Gasteiger charge is 2.18. The highest BCUT2D eigenvalue weighted by molar-refractivity contribution is 7.25. The van der Waals surface area contributed by atoms with E-state index in [-0.39, 0.29) is 0 Å². The standard InChI is InChI=1S/C45H26N4OS/c1-3-11-27(12-4-1)43-46-44(28-13-5-2-6-14-28)48-45(47-43)29-19-21-33-36-24-30(20-22-41(36)51-42(33)23-29)49-37-17-9-7-15-31(37)34-25-35-32-16-8-10-18-39(32)50-40(35)26-38(34)49/h1-26H. The van der Waals surface area contributed by atoms with Gasteiger partial charge in [-0.15, -0.1) is 11.3 Å². The molecule has 0 unspecified atom stereocenters. The Balaban J connectivity index is 1.07. The van der Waals surface area contributed by atoms with Crippen LogP contribution in [0.3, 0.4) is 0 Å². The molecule has 0 radical (unpaired) electrons. The van der Waals surface area contributed by atoms with E-state index < -0.39 is 0 Å². The first-order valence-corrected chi connectivity index (χ1v) is 17.8. The molecule has 4 heterocycles. The monoisotopic (exact) mass is 670 g/mol. The van der Waals surface area contributed by atoms with Crippen LogP contribution in [0.25, 0.3) is 104 Å².